The van der Waals surface area contributed by atoms with E-state index in [1.807, 2.05) is 0 Å². The van der Waals surface area contributed by atoms with Gasteiger partial charge in [-0.1, -0.05) is 0 Å². The fourth-order valence-electron chi connectivity index (χ4n) is 1.87. The lowest BCUT2D eigenvalue weighted by Crippen LogP contribution is -2.29. The van der Waals surface area contributed by atoms with Gasteiger partial charge in [-0.2, -0.15) is 0 Å². The zero-order valence-electron chi connectivity index (χ0n) is 8.98. The van der Waals surface area contributed by atoms with Crippen molar-refractivity contribution >= 4 is 11.4 Å². The second-order valence-corrected chi connectivity index (χ2v) is 3.98. The van der Waals surface area contributed by atoms with Gasteiger partial charge in [-0.25, -0.2) is 0 Å². The Morgan fingerprint density at radius 3 is 2.75 bits per heavy atom. The van der Waals surface area contributed by atoms with Crippen LogP contribution in [0.25, 0.3) is 0 Å². The smallest absolute Gasteiger partial charge is 0.269 e. The molecule has 0 aromatic heterocycles. The van der Waals surface area contributed by atoms with Crippen molar-refractivity contribution in [2.75, 3.05) is 18.4 Å². The molecule has 1 unspecified atom stereocenters. The second-order valence-electron chi connectivity index (χ2n) is 3.98. The van der Waals surface area contributed by atoms with Crippen LogP contribution >= 0.6 is 0 Å². The van der Waals surface area contributed by atoms with E-state index in [0.717, 1.165) is 18.8 Å². The molecule has 1 heterocycles. The van der Waals surface area contributed by atoms with Crippen LogP contribution in [0.3, 0.4) is 0 Å². The van der Waals surface area contributed by atoms with Gasteiger partial charge in [0.2, 0.25) is 0 Å². The summed E-state index contributed by atoms with van der Waals surface area (Å²) in [5.74, 6) is 0. The molecule has 0 bridgehead atoms. The first kappa shape index (κ1) is 10.9. The van der Waals surface area contributed by atoms with Crippen LogP contribution in [-0.2, 0) is 0 Å². The molecule has 1 aromatic carbocycles. The molecule has 1 aliphatic heterocycles. The average molecular weight is 221 g/mol. The van der Waals surface area contributed by atoms with Crippen molar-refractivity contribution in [1.82, 2.24) is 5.32 Å². The highest BCUT2D eigenvalue weighted by Crippen LogP contribution is 2.15. The zero-order valence-corrected chi connectivity index (χ0v) is 8.98. The third kappa shape index (κ3) is 2.70. The first-order valence-corrected chi connectivity index (χ1v) is 5.47. The molecule has 0 amide bonds. The predicted octanol–water partition coefficient (Wildman–Crippen LogP) is 1.76. The lowest BCUT2D eigenvalue weighted by atomic mass is 10.2. The van der Waals surface area contributed by atoms with Crippen molar-refractivity contribution in [3.05, 3.63) is 34.4 Å². The van der Waals surface area contributed by atoms with Crippen LogP contribution in [-0.4, -0.2) is 24.1 Å². The molecular formula is C11H15N3O2. The van der Waals surface area contributed by atoms with E-state index in [4.69, 9.17) is 0 Å². The Labute approximate surface area is 94.0 Å². The van der Waals surface area contributed by atoms with E-state index in [9.17, 15) is 10.1 Å². The molecule has 2 rings (SSSR count). The summed E-state index contributed by atoms with van der Waals surface area (Å²) in [6.07, 6.45) is 2.42. The minimum Gasteiger partial charge on any atom is -0.383 e. The standard InChI is InChI=1S/C11H15N3O2/c15-14(16)11-5-3-9(4-6-11)13-8-10-2-1-7-12-10/h3-6,10,12-13H,1-2,7-8H2. The maximum atomic E-state index is 10.5. The number of hydrogen-bond acceptors (Lipinski definition) is 4. The van der Waals surface area contributed by atoms with Gasteiger partial charge in [-0.3, -0.25) is 10.1 Å². The average Bonchev–Trinajstić information content (AvgIpc) is 2.80. The Kier molecular flexibility index (Phi) is 3.36. The summed E-state index contributed by atoms with van der Waals surface area (Å²) >= 11 is 0. The number of hydrogen-bond donors (Lipinski definition) is 2. The summed E-state index contributed by atoms with van der Waals surface area (Å²) in [5.41, 5.74) is 1.06. The van der Waals surface area contributed by atoms with Crippen molar-refractivity contribution in [3.63, 3.8) is 0 Å². The van der Waals surface area contributed by atoms with Gasteiger partial charge >= 0.3 is 0 Å². The van der Waals surface area contributed by atoms with Crippen LogP contribution in [0, 0.1) is 10.1 Å². The van der Waals surface area contributed by atoms with Gasteiger partial charge in [0.25, 0.3) is 5.69 Å². The third-order valence-corrected chi connectivity index (χ3v) is 2.79. The van der Waals surface area contributed by atoms with E-state index in [1.165, 1.54) is 25.0 Å². The fourth-order valence-corrected chi connectivity index (χ4v) is 1.87. The van der Waals surface area contributed by atoms with Crippen LogP contribution < -0.4 is 10.6 Å². The van der Waals surface area contributed by atoms with Crippen molar-refractivity contribution in [2.24, 2.45) is 0 Å². The Morgan fingerprint density at radius 1 is 1.44 bits per heavy atom. The molecule has 1 aromatic rings. The number of anilines is 1. The van der Waals surface area contributed by atoms with Crippen molar-refractivity contribution in [2.45, 2.75) is 18.9 Å². The normalized spacial score (nSPS) is 19.6. The fraction of sp³-hybridized carbons (Fsp3) is 0.455. The highest BCUT2D eigenvalue weighted by molar-refractivity contribution is 5.48. The molecular weight excluding hydrogens is 206 g/mol. The van der Waals surface area contributed by atoms with E-state index in [1.54, 1.807) is 12.1 Å². The second kappa shape index (κ2) is 4.94. The Balaban J connectivity index is 1.87. The van der Waals surface area contributed by atoms with Crippen molar-refractivity contribution in [1.29, 1.82) is 0 Å². The van der Waals surface area contributed by atoms with E-state index < -0.39 is 0 Å². The van der Waals surface area contributed by atoms with Crippen LogP contribution in [0.15, 0.2) is 24.3 Å². The number of rotatable bonds is 4. The number of non-ortho nitro benzene ring substituents is 1. The zero-order chi connectivity index (χ0) is 11.4. The summed E-state index contributed by atoms with van der Waals surface area (Å²) in [5, 5.41) is 17.1. The lowest BCUT2D eigenvalue weighted by molar-refractivity contribution is -0.384. The van der Waals surface area contributed by atoms with E-state index >= 15 is 0 Å². The molecule has 1 saturated heterocycles. The first-order valence-electron chi connectivity index (χ1n) is 5.47. The molecule has 2 N–H and O–H groups in total. The van der Waals surface area contributed by atoms with Crippen LogP contribution in [0.4, 0.5) is 11.4 Å². The molecule has 0 radical (unpaired) electrons. The third-order valence-electron chi connectivity index (χ3n) is 2.79. The van der Waals surface area contributed by atoms with Crippen LogP contribution in [0.1, 0.15) is 12.8 Å². The molecule has 0 aliphatic carbocycles. The molecule has 5 heteroatoms. The molecule has 16 heavy (non-hydrogen) atoms. The molecule has 86 valence electrons. The Hall–Kier alpha value is -1.62. The largest absolute Gasteiger partial charge is 0.383 e. The van der Waals surface area contributed by atoms with E-state index in [-0.39, 0.29) is 10.6 Å². The Morgan fingerprint density at radius 2 is 2.19 bits per heavy atom. The summed E-state index contributed by atoms with van der Waals surface area (Å²) in [6.45, 7) is 1.96. The summed E-state index contributed by atoms with van der Waals surface area (Å²) in [7, 11) is 0. The van der Waals surface area contributed by atoms with Gasteiger partial charge in [-0.15, -0.1) is 0 Å². The topological polar surface area (TPSA) is 67.2 Å². The predicted molar refractivity (Wildman–Crippen MR) is 62.6 cm³/mol. The van der Waals surface area contributed by atoms with Gasteiger partial charge in [0.1, 0.15) is 0 Å². The molecule has 1 aliphatic rings. The molecule has 1 atom stereocenters. The molecule has 5 nitrogen and oxygen atoms in total. The highest BCUT2D eigenvalue weighted by Gasteiger charge is 2.13. The number of nitrogens with one attached hydrogen (secondary N) is 2. The SMILES string of the molecule is O=[N+]([O-])c1ccc(NCC2CCCN2)cc1. The first-order chi connectivity index (χ1) is 7.75. The Bertz CT molecular complexity index is 358. The summed E-state index contributed by atoms with van der Waals surface area (Å²) < 4.78 is 0. The lowest BCUT2D eigenvalue weighted by Gasteiger charge is -2.12. The van der Waals surface area contributed by atoms with Crippen molar-refractivity contribution in [3.8, 4) is 0 Å². The van der Waals surface area contributed by atoms with Crippen LogP contribution in [0.2, 0.25) is 0 Å². The van der Waals surface area contributed by atoms with E-state index in [2.05, 4.69) is 10.6 Å². The van der Waals surface area contributed by atoms with Gasteiger partial charge < -0.3 is 10.6 Å². The monoisotopic (exact) mass is 221 g/mol. The number of benzene rings is 1. The minimum atomic E-state index is -0.387. The summed E-state index contributed by atoms with van der Waals surface area (Å²) in [6, 6.07) is 7.05. The van der Waals surface area contributed by atoms with Gasteiger partial charge in [0, 0.05) is 30.4 Å². The molecule has 1 fully saturated rings. The number of nitrogens with zero attached hydrogens (tertiary/aromatic N) is 1. The number of nitro benzene ring substituents is 1. The van der Waals surface area contributed by atoms with Gasteiger partial charge in [0.05, 0.1) is 4.92 Å². The van der Waals surface area contributed by atoms with Gasteiger partial charge in [-0.05, 0) is 31.5 Å². The van der Waals surface area contributed by atoms with Gasteiger partial charge in [0.15, 0.2) is 0 Å². The maximum absolute atomic E-state index is 10.5. The quantitative estimate of drug-likeness (QED) is 0.600. The highest BCUT2D eigenvalue weighted by atomic mass is 16.6. The molecule has 0 saturated carbocycles. The minimum absolute atomic E-state index is 0.129. The maximum Gasteiger partial charge on any atom is 0.269 e. The molecule has 0 spiro atoms. The van der Waals surface area contributed by atoms with Crippen LogP contribution in [0.5, 0.6) is 0 Å². The summed E-state index contributed by atoms with van der Waals surface area (Å²) in [4.78, 5) is 10.1. The van der Waals surface area contributed by atoms with Crippen molar-refractivity contribution < 1.29 is 4.92 Å². The number of nitro groups is 1. The van der Waals surface area contributed by atoms with E-state index in [0.29, 0.717) is 6.04 Å².